The summed E-state index contributed by atoms with van der Waals surface area (Å²) in [5.41, 5.74) is 10.1. The Morgan fingerprint density at radius 2 is 1.93 bits per heavy atom. The number of amides is 2. The molecule has 0 radical (unpaired) electrons. The molecule has 200 valence electrons. The third-order valence-electron chi connectivity index (χ3n) is 7.62. The van der Waals surface area contributed by atoms with Crippen LogP contribution in [0.2, 0.25) is 0 Å². The lowest BCUT2D eigenvalue weighted by Gasteiger charge is -2.31. The maximum atomic E-state index is 13.1. The maximum Gasteiger partial charge on any atom is 0.258 e. The van der Waals surface area contributed by atoms with Crippen LogP contribution in [0.25, 0.3) is 16.9 Å². The molecule has 1 unspecified atom stereocenters. The van der Waals surface area contributed by atoms with Gasteiger partial charge in [0.05, 0.1) is 28.4 Å². The van der Waals surface area contributed by atoms with Gasteiger partial charge in [0.2, 0.25) is 11.9 Å². The third-order valence-corrected chi connectivity index (χ3v) is 7.62. The molecule has 2 fully saturated rings. The normalized spacial score (nSPS) is 16.9. The van der Waals surface area contributed by atoms with Crippen LogP contribution in [0.3, 0.4) is 0 Å². The number of nitriles is 1. The summed E-state index contributed by atoms with van der Waals surface area (Å²) in [5.74, 6) is 1.25. The number of nitrogen functional groups attached to an aromatic ring is 1. The predicted octanol–water partition coefficient (Wildman–Crippen LogP) is 4.27. The number of imidazole rings is 1. The molecule has 40 heavy (non-hydrogen) atoms. The smallest absolute Gasteiger partial charge is 0.258 e. The van der Waals surface area contributed by atoms with Gasteiger partial charge in [0, 0.05) is 37.0 Å². The van der Waals surface area contributed by atoms with Crippen molar-refractivity contribution < 1.29 is 9.59 Å². The molecule has 1 atom stereocenters. The lowest BCUT2D eigenvalue weighted by Crippen LogP contribution is -2.38. The van der Waals surface area contributed by atoms with Gasteiger partial charge in [-0.2, -0.15) is 5.26 Å². The van der Waals surface area contributed by atoms with Crippen LogP contribution in [0.15, 0.2) is 61.4 Å². The van der Waals surface area contributed by atoms with E-state index >= 15 is 0 Å². The standard InChI is InChI=1S/C30H28N8O2/c1-2-26(39)37-13-3-4-21(17-37)27-24-10-12-34-30(32)38(24)28(36-27)20-7-8-23(22(14-20)16-31)29(40)35-25-15-19(9-11-33-25)18-5-6-18/h2,7-12,14-15,18,21H,1,3-6,13,17H2,(H2,32,34)(H,33,35,40). The zero-order valence-corrected chi connectivity index (χ0v) is 21.9. The number of anilines is 2. The summed E-state index contributed by atoms with van der Waals surface area (Å²) in [5, 5.41) is 12.8. The van der Waals surface area contributed by atoms with Gasteiger partial charge in [-0.25, -0.2) is 15.0 Å². The number of rotatable bonds is 6. The van der Waals surface area contributed by atoms with E-state index < -0.39 is 5.91 Å². The van der Waals surface area contributed by atoms with E-state index in [0.29, 0.717) is 36.2 Å². The van der Waals surface area contributed by atoms with E-state index in [2.05, 4.69) is 27.9 Å². The van der Waals surface area contributed by atoms with Crippen LogP contribution in [-0.4, -0.2) is 49.2 Å². The molecule has 1 aliphatic carbocycles. The number of nitrogens with one attached hydrogen (secondary N) is 1. The molecule has 4 aromatic rings. The Kier molecular flexibility index (Phi) is 6.48. The molecule has 1 aliphatic heterocycles. The first-order valence-electron chi connectivity index (χ1n) is 13.3. The average molecular weight is 533 g/mol. The molecular weight excluding hydrogens is 504 g/mol. The number of nitrogens with zero attached hydrogens (tertiary/aromatic N) is 6. The fraction of sp³-hybridized carbons (Fsp3) is 0.267. The Bertz CT molecular complexity index is 1700. The highest BCUT2D eigenvalue weighted by atomic mass is 16.2. The Balaban J connectivity index is 1.34. The lowest BCUT2D eigenvalue weighted by atomic mass is 9.94. The maximum absolute atomic E-state index is 13.1. The second kappa shape index (κ2) is 10.3. The minimum Gasteiger partial charge on any atom is -0.369 e. The molecular formula is C30H28N8O2. The molecule has 2 aliphatic rings. The van der Waals surface area contributed by atoms with Gasteiger partial charge in [-0.05, 0) is 73.6 Å². The van der Waals surface area contributed by atoms with E-state index in [1.807, 2.05) is 18.2 Å². The quantitative estimate of drug-likeness (QED) is 0.353. The number of fused-ring (bicyclic) bond motifs is 1. The number of carbonyl (C=O) groups is 2. The van der Waals surface area contributed by atoms with Crippen LogP contribution in [0, 0.1) is 11.3 Å². The van der Waals surface area contributed by atoms with Crippen molar-refractivity contribution in [2.24, 2.45) is 0 Å². The van der Waals surface area contributed by atoms with Gasteiger partial charge in [-0.1, -0.05) is 12.6 Å². The van der Waals surface area contributed by atoms with E-state index in [1.54, 1.807) is 39.9 Å². The summed E-state index contributed by atoms with van der Waals surface area (Å²) in [7, 11) is 0. The zero-order valence-electron chi connectivity index (χ0n) is 21.9. The molecule has 0 spiro atoms. The van der Waals surface area contributed by atoms with Crippen molar-refractivity contribution in [3.63, 3.8) is 0 Å². The molecule has 10 nitrogen and oxygen atoms in total. The van der Waals surface area contributed by atoms with Crippen LogP contribution in [-0.2, 0) is 4.79 Å². The number of benzene rings is 1. The van der Waals surface area contributed by atoms with Crippen molar-refractivity contribution in [1.82, 2.24) is 24.3 Å². The highest BCUT2D eigenvalue weighted by Crippen LogP contribution is 2.40. The molecule has 0 bridgehead atoms. The van der Waals surface area contributed by atoms with Gasteiger partial charge in [0.15, 0.2) is 0 Å². The number of hydrogen-bond acceptors (Lipinski definition) is 7. The average Bonchev–Trinajstić information content (AvgIpc) is 3.77. The summed E-state index contributed by atoms with van der Waals surface area (Å²) in [6.07, 6.45) is 8.67. The largest absolute Gasteiger partial charge is 0.369 e. The van der Waals surface area contributed by atoms with Gasteiger partial charge in [0.25, 0.3) is 5.91 Å². The molecule has 6 rings (SSSR count). The Morgan fingerprint density at radius 1 is 1.10 bits per heavy atom. The summed E-state index contributed by atoms with van der Waals surface area (Å²) in [4.78, 5) is 40.7. The predicted molar refractivity (Wildman–Crippen MR) is 150 cm³/mol. The lowest BCUT2D eigenvalue weighted by molar-refractivity contribution is -0.127. The molecule has 3 N–H and O–H groups in total. The summed E-state index contributed by atoms with van der Waals surface area (Å²) >= 11 is 0. The highest BCUT2D eigenvalue weighted by Gasteiger charge is 2.29. The van der Waals surface area contributed by atoms with Crippen molar-refractivity contribution >= 4 is 29.1 Å². The van der Waals surface area contributed by atoms with E-state index in [1.165, 1.54) is 6.08 Å². The SMILES string of the molecule is C=CC(=O)N1CCCC(c2nc(-c3ccc(C(=O)Nc4cc(C5CC5)ccn4)c(C#N)c3)n3c(N)nccc23)C1. The Morgan fingerprint density at radius 3 is 2.70 bits per heavy atom. The Hall–Kier alpha value is -5.04. The van der Waals surface area contributed by atoms with E-state index in [0.717, 1.165) is 42.5 Å². The Labute approximate surface area is 231 Å². The molecule has 1 saturated heterocycles. The third kappa shape index (κ3) is 4.66. The molecule has 1 aromatic carbocycles. The second-order valence-electron chi connectivity index (χ2n) is 10.2. The van der Waals surface area contributed by atoms with Crippen LogP contribution < -0.4 is 11.1 Å². The summed E-state index contributed by atoms with van der Waals surface area (Å²) in [6.45, 7) is 4.82. The van der Waals surface area contributed by atoms with Crippen LogP contribution >= 0.6 is 0 Å². The van der Waals surface area contributed by atoms with Crippen molar-refractivity contribution in [3.8, 4) is 17.5 Å². The molecule has 2 amide bonds. The number of hydrogen-bond donors (Lipinski definition) is 2. The van der Waals surface area contributed by atoms with Gasteiger partial charge in [0.1, 0.15) is 11.6 Å². The van der Waals surface area contributed by atoms with Crippen molar-refractivity contribution in [1.29, 1.82) is 5.26 Å². The van der Waals surface area contributed by atoms with E-state index in [9.17, 15) is 14.9 Å². The fourth-order valence-electron chi connectivity index (χ4n) is 5.45. The highest BCUT2D eigenvalue weighted by molar-refractivity contribution is 6.05. The second-order valence-corrected chi connectivity index (χ2v) is 10.2. The van der Waals surface area contributed by atoms with Crippen molar-refractivity contribution in [3.05, 3.63) is 83.8 Å². The monoisotopic (exact) mass is 532 g/mol. The van der Waals surface area contributed by atoms with Gasteiger partial charge >= 0.3 is 0 Å². The van der Waals surface area contributed by atoms with Crippen LogP contribution in [0.1, 0.15) is 64.7 Å². The molecule has 10 heteroatoms. The zero-order chi connectivity index (χ0) is 27.8. The number of likely N-dealkylation sites (tertiary alicyclic amines) is 1. The first kappa shape index (κ1) is 25.2. The number of piperidine rings is 1. The van der Waals surface area contributed by atoms with Crippen molar-refractivity contribution in [2.75, 3.05) is 24.1 Å². The molecule has 1 saturated carbocycles. The van der Waals surface area contributed by atoms with E-state index in [4.69, 9.17) is 10.7 Å². The van der Waals surface area contributed by atoms with E-state index in [-0.39, 0.29) is 28.9 Å². The van der Waals surface area contributed by atoms with Gasteiger partial charge in [-0.3, -0.25) is 14.0 Å². The number of pyridine rings is 1. The summed E-state index contributed by atoms with van der Waals surface area (Å²) < 4.78 is 1.76. The van der Waals surface area contributed by atoms with Gasteiger partial charge < -0.3 is 16.0 Å². The number of nitrogens with two attached hydrogens (primary N) is 1. The fourth-order valence-corrected chi connectivity index (χ4v) is 5.45. The number of carbonyl (C=O) groups excluding carboxylic acids is 2. The van der Waals surface area contributed by atoms with Crippen LogP contribution in [0.5, 0.6) is 0 Å². The van der Waals surface area contributed by atoms with Crippen LogP contribution in [0.4, 0.5) is 11.8 Å². The minimum absolute atomic E-state index is 0.00240. The topological polar surface area (TPSA) is 142 Å². The minimum atomic E-state index is -0.410. The summed E-state index contributed by atoms with van der Waals surface area (Å²) in [6, 6.07) is 12.9. The molecule has 3 aromatic heterocycles. The first-order valence-corrected chi connectivity index (χ1v) is 13.3. The van der Waals surface area contributed by atoms with Gasteiger partial charge in [-0.15, -0.1) is 0 Å². The number of aromatic nitrogens is 4. The van der Waals surface area contributed by atoms with Crippen molar-refractivity contribution in [2.45, 2.75) is 37.5 Å². The first-order chi connectivity index (χ1) is 19.5. The molecule has 4 heterocycles.